The van der Waals surface area contributed by atoms with Crippen molar-refractivity contribution in [1.29, 1.82) is 5.26 Å². The van der Waals surface area contributed by atoms with Crippen LogP contribution in [-0.2, 0) is 11.3 Å². The van der Waals surface area contributed by atoms with Crippen molar-refractivity contribution in [3.8, 4) is 6.07 Å². The molecule has 0 aliphatic carbocycles. The maximum atomic E-state index is 11.5. The molecule has 6 heteroatoms. The van der Waals surface area contributed by atoms with Crippen LogP contribution in [0.5, 0.6) is 0 Å². The number of nitrogens with zero attached hydrogens (tertiary/aromatic N) is 2. The smallest absolute Gasteiger partial charge is 0.321 e. The second-order valence-corrected chi connectivity index (χ2v) is 3.90. The van der Waals surface area contributed by atoms with Gasteiger partial charge in [0, 0.05) is 24.8 Å². The summed E-state index contributed by atoms with van der Waals surface area (Å²) in [6, 6.07) is 6.94. The second kappa shape index (κ2) is 4.75. The van der Waals surface area contributed by atoms with E-state index in [1.165, 1.54) is 4.90 Å². The minimum Gasteiger partial charge on any atom is -0.333 e. The molecule has 2 rings (SSSR count). The highest BCUT2D eigenvalue weighted by atomic mass is 16.2. The van der Waals surface area contributed by atoms with Gasteiger partial charge in [-0.3, -0.25) is 9.69 Å². The lowest BCUT2D eigenvalue weighted by atomic mass is 10.1. The van der Waals surface area contributed by atoms with Crippen molar-refractivity contribution in [1.82, 2.24) is 5.32 Å². The van der Waals surface area contributed by atoms with Gasteiger partial charge in [-0.2, -0.15) is 5.26 Å². The van der Waals surface area contributed by atoms with Gasteiger partial charge in [0.05, 0.1) is 11.8 Å². The van der Waals surface area contributed by atoms with Gasteiger partial charge >= 0.3 is 6.03 Å². The molecule has 0 unspecified atom stereocenters. The molecule has 18 heavy (non-hydrogen) atoms. The molecule has 0 radical (unpaired) electrons. The van der Waals surface area contributed by atoms with Crippen LogP contribution in [0.2, 0.25) is 0 Å². The van der Waals surface area contributed by atoms with Gasteiger partial charge in [-0.05, 0) is 12.1 Å². The number of anilines is 2. The monoisotopic (exact) mass is 244 g/mol. The van der Waals surface area contributed by atoms with Gasteiger partial charge in [-0.1, -0.05) is 6.07 Å². The van der Waals surface area contributed by atoms with E-state index in [1.54, 1.807) is 25.2 Å². The number of nitriles is 1. The van der Waals surface area contributed by atoms with Gasteiger partial charge in [0.25, 0.3) is 0 Å². The zero-order valence-corrected chi connectivity index (χ0v) is 9.86. The van der Waals surface area contributed by atoms with Crippen molar-refractivity contribution in [2.24, 2.45) is 0 Å². The third kappa shape index (κ3) is 2.11. The molecule has 6 nitrogen and oxygen atoms in total. The Kier molecular flexibility index (Phi) is 3.15. The van der Waals surface area contributed by atoms with Gasteiger partial charge in [0.1, 0.15) is 6.42 Å². The average molecular weight is 244 g/mol. The average Bonchev–Trinajstić information content (AvgIpc) is 2.35. The molecule has 1 aromatic carbocycles. The van der Waals surface area contributed by atoms with E-state index in [0.717, 1.165) is 11.3 Å². The third-order valence-corrected chi connectivity index (χ3v) is 2.75. The highest BCUT2D eigenvalue weighted by Crippen LogP contribution is 2.29. The van der Waals surface area contributed by atoms with Crippen molar-refractivity contribution in [3.63, 3.8) is 0 Å². The number of carbonyl (C=O) groups excluding carboxylic acids is 2. The number of rotatable bonds is 2. The number of hydrogen-bond donors (Lipinski definition) is 2. The molecule has 0 bridgehead atoms. The minimum absolute atomic E-state index is 0.178. The molecule has 0 spiro atoms. The highest BCUT2D eigenvalue weighted by molar-refractivity contribution is 5.98. The van der Waals surface area contributed by atoms with E-state index in [4.69, 9.17) is 5.26 Å². The molecule has 3 amide bonds. The Morgan fingerprint density at radius 3 is 3.11 bits per heavy atom. The molecule has 1 aliphatic rings. The third-order valence-electron chi connectivity index (χ3n) is 2.75. The first-order valence-electron chi connectivity index (χ1n) is 5.43. The molecule has 92 valence electrons. The molecule has 0 atom stereocenters. The summed E-state index contributed by atoms with van der Waals surface area (Å²) < 4.78 is 0. The highest BCUT2D eigenvalue weighted by Gasteiger charge is 2.22. The summed E-state index contributed by atoms with van der Waals surface area (Å²) in [5, 5.41) is 13.8. The lowest BCUT2D eigenvalue weighted by Crippen LogP contribution is -2.41. The normalized spacial score (nSPS) is 13.3. The van der Waals surface area contributed by atoms with Crippen molar-refractivity contribution < 1.29 is 9.59 Å². The van der Waals surface area contributed by atoms with Crippen LogP contribution < -0.4 is 15.5 Å². The zero-order chi connectivity index (χ0) is 13.1. The standard InChI is InChI=1S/C12H12N4O2/c1-16-10-4-2-3-9(15-11(17)5-6-13)8(10)7-14-12(16)18/h2-4H,5,7H2,1H3,(H,14,18)(H,15,17). The number of fused-ring (bicyclic) bond motifs is 1. The number of urea groups is 1. The Morgan fingerprint density at radius 1 is 1.61 bits per heavy atom. The molecule has 2 N–H and O–H groups in total. The number of nitrogens with one attached hydrogen (secondary N) is 2. The summed E-state index contributed by atoms with van der Waals surface area (Å²) >= 11 is 0. The van der Waals surface area contributed by atoms with Crippen molar-refractivity contribution in [2.75, 3.05) is 17.3 Å². The van der Waals surface area contributed by atoms with Crippen LogP contribution in [0.1, 0.15) is 12.0 Å². The van der Waals surface area contributed by atoms with Gasteiger partial charge in [0.2, 0.25) is 5.91 Å². The Labute approximate surface area is 104 Å². The molecule has 0 saturated carbocycles. The molecule has 1 heterocycles. The van der Waals surface area contributed by atoms with Gasteiger partial charge in [-0.25, -0.2) is 4.79 Å². The molecule has 0 saturated heterocycles. The lowest BCUT2D eigenvalue weighted by molar-refractivity contribution is -0.115. The van der Waals surface area contributed by atoms with Crippen molar-refractivity contribution in [2.45, 2.75) is 13.0 Å². The number of amides is 3. The van der Waals surface area contributed by atoms with Gasteiger partial charge in [0.15, 0.2) is 0 Å². The topological polar surface area (TPSA) is 85.2 Å². The van der Waals surface area contributed by atoms with E-state index >= 15 is 0 Å². The van der Waals surface area contributed by atoms with Crippen molar-refractivity contribution >= 4 is 23.3 Å². The van der Waals surface area contributed by atoms with E-state index in [-0.39, 0.29) is 18.4 Å². The summed E-state index contributed by atoms with van der Waals surface area (Å²) in [4.78, 5) is 24.4. The van der Waals surface area contributed by atoms with Crippen LogP contribution in [0.25, 0.3) is 0 Å². The van der Waals surface area contributed by atoms with Gasteiger partial charge < -0.3 is 10.6 Å². The van der Waals surface area contributed by atoms with Crippen molar-refractivity contribution in [3.05, 3.63) is 23.8 Å². The Hall–Kier alpha value is -2.55. The summed E-state index contributed by atoms with van der Waals surface area (Å²) in [6.45, 7) is 0.363. The van der Waals surface area contributed by atoms with E-state index in [9.17, 15) is 9.59 Å². The first kappa shape index (κ1) is 11.9. The van der Waals surface area contributed by atoms with Crippen LogP contribution in [-0.4, -0.2) is 19.0 Å². The summed E-state index contributed by atoms with van der Waals surface area (Å²) in [7, 11) is 1.66. The van der Waals surface area contributed by atoms with Crippen LogP contribution in [0.4, 0.5) is 16.2 Å². The van der Waals surface area contributed by atoms with E-state index in [2.05, 4.69) is 10.6 Å². The van der Waals surface area contributed by atoms with E-state index in [1.807, 2.05) is 6.07 Å². The molecular weight excluding hydrogens is 232 g/mol. The van der Waals surface area contributed by atoms with Crippen LogP contribution in [0.15, 0.2) is 18.2 Å². The number of benzene rings is 1. The second-order valence-electron chi connectivity index (χ2n) is 3.90. The van der Waals surface area contributed by atoms with Crippen LogP contribution in [0, 0.1) is 11.3 Å². The predicted octanol–water partition coefficient (Wildman–Crippen LogP) is 1.20. The van der Waals surface area contributed by atoms with Crippen LogP contribution in [0.3, 0.4) is 0 Å². The van der Waals surface area contributed by atoms with Crippen LogP contribution >= 0.6 is 0 Å². The summed E-state index contributed by atoms with van der Waals surface area (Å²) in [5.41, 5.74) is 2.22. The fourth-order valence-electron chi connectivity index (χ4n) is 1.85. The first-order valence-corrected chi connectivity index (χ1v) is 5.43. The fourth-order valence-corrected chi connectivity index (χ4v) is 1.85. The SMILES string of the molecule is CN1C(=O)NCc2c(NC(=O)CC#N)cccc21. The Morgan fingerprint density at radius 2 is 2.39 bits per heavy atom. The Bertz CT molecular complexity index is 547. The minimum atomic E-state index is -0.356. The fraction of sp³-hybridized carbons (Fsp3) is 0.250. The molecule has 0 aromatic heterocycles. The summed E-state index contributed by atoms with van der Waals surface area (Å²) in [6.07, 6.45) is -0.189. The largest absolute Gasteiger partial charge is 0.333 e. The first-order chi connectivity index (χ1) is 8.63. The molecule has 1 aromatic rings. The van der Waals surface area contributed by atoms with Gasteiger partial charge in [-0.15, -0.1) is 0 Å². The zero-order valence-electron chi connectivity index (χ0n) is 9.86. The lowest BCUT2D eigenvalue weighted by Gasteiger charge is -2.28. The molecule has 1 aliphatic heterocycles. The maximum absolute atomic E-state index is 11.5. The van der Waals surface area contributed by atoms with E-state index in [0.29, 0.717) is 12.2 Å². The number of hydrogen-bond acceptors (Lipinski definition) is 3. The maximum Gasteiger partial charge on any atom is 0.321 e. The molecule has 0 fully saturated rings. The Balaban J connectivity index is 2.32. The number of carbonyl (C=O) groups is 2. The summed E-state index contributed by atoms with van der Waals surface area (Å²) in [5.74, 6) is -0.356. The molecular formula is C12H12N4O2. The van der Waals surface area contributed by atoms with E-state index < -0.39 is 0 Å². The quantitative estimate of drug-likeness (QED) is 0.819. The predicted molar refractivity (Wildman–Crippen MR) is 65.9 cm³/mol.